The number of anilines is 2. The number of pyridine rings is 1. The lowest BCUT2D eigenvalue weighted by Crippen LogP contribution is -2.16. The number of carbonyl (C=O) groups is 1. The molecule has 0 unspecified atom stereocenters. The summed E-state index contributed by atoms with van der Waals surface area (Å²) < 4.78 is 42.1. The number of nitrogens with one attached hydrogen (secondary N) is 2. The molecule has 1 amide bonds. The van der Waals surface area contributed by atoms with E-state index < -0.39 is 15.8 Å². The molecule has 152 valence electrons. The van der Waals surface area contributed by atoms with Crippen molar-refractivity contribution in [3.63, 3.8) is 0 Å². The molecule has 1 aromatic carbocycles. The zero-order chi connectivity index (χ0) is 21.3. The maximum atomic E-state index is 13.7. The van der Waals surface area contributed by atoms with Crippen LogP contribution in [-0.2, 0) is 14.8 Å². The number of rotatable bonds is 5. The third kappa shape index (κ3) is 4.92. The molecule has 29 heavy (non-hydrogen) atoms. The van der Waals surface area contributed by atoms with E-state index in [-0.39, 0.29) is 21.1 Å². The highest BCUT2D eigenvalue weighted by atomic mass is 79.9. The second-order valence-electron chi connectivity index (χ2n) is 5.90. The second kappa shape index (κ2) is 8.34. The summed E-state index contributed by atoms with van der Waals surface area (Å²) in [7, 11) is -4.03. The van der Waals surface area contributed by atoms with Gasteiger partial charge in [-0.3, -0.25) is 9.52 Å². The van der Waals surface area contributed by atoms with E-state index in [0.717, 1.165) is 11.3 Å². The molecule has 7 nitrogen and oxygen atoms in total. The molecular formula is C17H13BrClFN4O3S2. The van der Waals surface area contributed by atoms with Gasteiger partial charge in [-0.2, -0.15) is 8.42 Å². The lowest BCUT2D eigenvalue weighted by molar-refractivity contribution is -0.114. The first-order valence-electron chi connectivity index (χ1n) is 7.95. The molecule has 3 aromatic rings. The zero-order valence-corrected chi connectivity index (χ0v) is 18.9. The number of halogens is 3. The summed E-state index contributed by atoms with van der Waals surface area (Å²) in [4.78, 5) is 19.3. The van der Waals surface area contributed by atoms with Gasteiger partial charge in [-0.25, -0.2) is 14.4 Å². The number of benzene rings is 1. The molecule has 0 aliphatic heterocycles. The molecule has 0 fully saturated rings. The van der Waals surface area contributed by atoms with Crippen LogP contribution in [0, 0.1) is 12.7 Å². The van der Waals surface area contributed by atoms with Gasteiger partial charge >= 0.3 is 0 Å². The van der Waals surface area contributed by atoms with Crippen molar-refractivity contribution in [3.05, 3.63) is 50.7 Å². The SMILES string of the molecule is CC(=O)Nc1cnc(S(=O)(=O)Nc2nc(-c3ccc(Cl)c(F)c3)c(Br)s2)c(C)c1. The minimum atomic E-state index is -4.03. The molecule has 2 N–H and O–H groups in total. The Bertz CT molecular complexity index is 1220. The topological polar surface area (TPSA) is 101 Å². The van der Waals surface area contributed by atoms with Crippen LogP contribution in [-0.4, -0.2) is 24.3 Å². The summed E-state index contributed by atoms with van der Waals surface area (Å²) >= 11 is 10.0. The average Bonchev–Trinajstić information content (AvgIpc) is 2.96. The number of aryl methyl sites for hydroxylation is 1. The smallest absolute Gasteiger partial charge is 0.281 e. The number of sulfonamides is 1. The maximum Gasteiger partial charge on any atom is 0.281 e. The number of hydrogen-bond donors (Lipinski definition) is 2. The van der Waals surface area contributed by atoms with Gasteiger partial charge < -0.3 is 5.32 Å². The number of aromatic nitrogens is 2. The van der Waals surface area contributed by atoms with Gasteiger partial charge in [0.05, 0.1) is 26.4 Å². The number of hydrogen-bond acceptors (Lipinski definition) is 6. The summed E-state index contributed by atoms with van der Waals surface area (Å²) in [6.07, 6.45) is 1.25. The largest absolute Gasteiger partial charge is 0.325 e. The summed E-state index contributed by atoms with van der Waals surface area (Å²) in [5.74, 6) is -0.899. The molecule has 0 atom stereocenters. The van der Waals surface area contributed by atoms with Gasteiger partial charge in [0.2, 0.25) is 5.91 Å². The molecule has 2 aromatic heterocycles. The normalized spacial score (nSPS) is 11.3. The molecule has 0 spiro atoms. The van der Waals surface area contributed by atoms with Gasteiger partial charge in [0.1, 0.15) is 5.82 Å². The monoisotopic (exact) mass is 518 g/mol. The summed E-state index contributed by atoms with van der Waals surface area (Å²) in [6, 6.07) is 5.69. The fourth-order valence-corrected chi connectivity index (χ4v) is 5.45. The van der Waals surface area contributed by atoms with E-state index in [0.29, 0.717) is 26.3 Å². The van der Waals surface area contributed by atoms with Gasteiger partial charge in [0.15, 0.2) is 10.2 Å². The van der Waals surface area contributed by atoms with E-state index >= 15 is 0 Å². The standard InChI is InChI=1S/C17H13BrClFN4O3S2/c1-8-5-11(22-9(2)25)7-21-16(8)29(26,27)24-17-23-14(15(18)28-17)10-3-4-12(19)13(20)6-10/h3-7H,1-2H3,(H,22,25)(H,23,24). The molecule has 2 heterocycles. The van der Waals surface area contributed by atoms with Crippen molar-refractivity contribution >= 4 is 65.6 Å². The zero-order valence-electron chi connectivity index (χ0n) is 15.0. The minimum Gasteiger partial charge on any atom is -0.325 e. The average molecular weight is 520 g/mol. The van der Waals surface area contributed by atoms with Gasteiger partial charge in [-0.15, -0.1) is 0 Å². The first-order valence-corrected chi connectivity index (χ1v) is 11.4. The van der Waals surface area contributed by atoms with Crippen molar-refractivity contribution in [1.82, 2.24) is 9.97 Å². The fraction of sp³-hybridized carbons (Fsp3) is 0.118. The Hall–Kier alpha value is -2.08. The first kappa shape index (κ1) is 21.6. The lowest BCUT2D eigenvalue weighted by atomic mass is 10.2. The summed E-state index contributed by atoms with van der Waals surface area (Å²) in [6.45, 7) is 2.90. The lowest BCUT2D eigenvalue weighted by Gasteiger charge is -2.09. The Labute approximate surface area is 183 Å². The Kier molecular flexibility index (Phi) is 6.22. The van der Waals surface area contributed by atoms with Crippen molar-refractivity contribution in [3.8, 4) is 11.3 Å². The Morgan fingerprint density at radius 1 is 1.31 bits per heavy atom. The van der Waals surface area contributed by atoms with Crippen molar-refractivity contribution < 1.29 is 17.6 Å². The highest BCUT2D eigenvalue weighted by Crippen LogP contribution is 2.37. The van der Waals surface area contributed by atoms with Crippen molar-refractivity contribution in [2.24, 2.45) is 0 Å². The Balaban J connectivity index is 1.89. The summed E-state index contributed by atoms with van der Waals surface area (Å²) in [5.41, 5.74) is 1.54. The Morgan fingerprint density at radius 3 is 2.66 bits per heavy atom. The maximum absolute atomic E-state index is 13.7. The van der Waals surface area contributed by atoms with Crippen LogP contribution in [0.4, 0.5) is 15.2 Å². The summed E-state index contributed by atoms with van der Waals surface area (Å²) in [5, 5.41) is 2.40. The van der Waals surface area contributed by atoms with E-state index in [1.807, 2.05) is 0 Å². The van der Waals surface area contributed by atoms with Crippen LogP contribution in [0.1, 0.15) is 12.5 Å². The van der Waals surface area contributed by atoms with Gasteiger partial charge in [-0.1, -0.05) is 29.0 Å². The van der Waals surface area contributed by atoms with Crippen molar-refractivity contribution in [2.45, 2.75) is 18.9 Å². The highest BCUT2D eigenvalue weighted by Gasteiger charge is 2.22. The third-order valence-electron chi connectivity index (χ3n) is 3.61. The van der Waals surface area contributed by atoms with Crippen LogP contribution in [0.2, 0.25) is 5.02 Å². The van der Waals surface area contributed by atoms with Gasteiger partial charge in [0, 0.05) is 12.5 Å². The van der Waals surface area contributed by atoms with Crippen molar-refractivity contribution in [1.29, 1.82) is 0 Å². The van der Waals surface area contributed by atoms with E-state index in [1.54, 1.807) is 13.0 Å². The van der Waals surface area contributed by atoms with Gasteiger partial charge in [0.25, 0.3) is 10.0 Å². The molecule has 0 aliphatic rings. The van der Waals surface area contributed by atoms with Crippen LogP contribution in [0.25, 0.3) is 11.3 Å². The molecule has 0 bridgehead atoms. The van der Waals surface area contributed by atoms with Crippen LogP contribution in [0.15, 0.2) is 39.3 Å². The molecule has 0 saturated heterocycles. The van der Waals surface area contributed by atoms with Gasteiger partial charge in [-0.05, 0) is 46.6 Å². The van der Waals surface area contributed by atoms with Crippen LogP contribution in [0.3, 0.4) is 0 Å². The number of nitrogens with zero attached hydrogens (tertiary/aromatic N) is 2. The molecule has 12 heteroatoms. The molecule has 3 rings (SSSR count). The van der Waals surface area contributed by atoms with E-state index in [1.165, 1.54) is 31.3 Å². The quantitative estimate of drug-likeness (QED) is 0.503. The minimum absolute atomic E-state index is 0.0229. The van der Waals surface area contributed by atoms with Crippen LogP contribution in [0.5, 0.6) is 0 Å². The van der Waals surface area contributed by atoms with Crippen LogP contribution >= 0.6 is 38.9 Å². The second-order valence-corrected chi connectivity index (χ2v) is 10.2. The number of carbonyl (C=O) groups excluding carboxylic acids is 1. The van der Waals surface area contributed by atoms with Crippen LogP contribution < -0.4 is 10.0 Å². The van der Waals surface area contributed by atoms with E-state index in [4.69, 9.17) is 11.6 Å². The fourth-order valence-electron chi connectivity index (χ4n) is 2.45. The van der Waals surface area contributed by atoms with Crippen molar-refractivity contribution in [2.75, 3.05) is 10.0 Å². The molecule has 0 radical (unpaired) electrons. The molecular weight excluding hydrogens is 507 g/mol. The third-order valence-corrected chi connectivity index (χ3v) is 7.06. The predicted molar refractivity (Wildman–Crippen MR) is 114 cm³/mol. The number of amides is 1. The number of thiazole rings is 1. The molecule has 0 saturated carbocycles. The molecule has 0 aliphatic carbocycles. The highest BCUT2D eigenvalue weighted by molar-refractivity contribution is 9.11. The Morgan fingerprint density at radius 2 is 2.03 bits per heavy atom. The van der Waals surface area contributed by atoms with E-state index in [9.17, 15) is 17.6 Å². The predicted octanol–water partition coefficient (Wildman–Crippen LogP) is 4.83. The first-order chi connectivity index (χ1) is 13.6. The van der Waals surface area contributed by atoms with E-state index in [2.05, 4.69) is 35.9 Å².